The van der Waals surface area contributed by atoms with Crippen molar-refractivity contribution >= 4 is 21.9 Å². The third-order valence-electron chi connectivity index (χ3n) is 1.80. The second-order valence-corrected chi connectivity index (χ2v) is 6.15. The Hall–Kier alpha value is -0.730. The van der Waals surface area contributed by atoms with E-state index in [0.717, 1.165) is 11.8 Å². The van der Waals surface area contributed by atoms with Gasteiger partial charge in [0.1, 0.15) is 0 Å². The number of rotatable bonds is 5. The molecule has 0 spiro atoms. The number of hydrogen-bond acceptors (Lipinski definition) is 4. The summed E-state index contributed by atoms with van der Waals surface area (Å²) in [6.07, 6.45) is -6.46. The summed E-state index contributed by atoms with van der Waals surface area (Å²) in [7, 11) is -4.14. The Bertz CT molecular complexity index is 471. The lowest BCUT2D eigenvalue weighted by Crippen LogP contribution is -2.35. The molecule has 102 valence electrons. The second kappa shape index (κ2) is 5.94. The van der Waals surface area contributed by atoms with Gasteiger partial charge in [-0.3, -0.25) is 4.18 Å². The van der Waals surface area contributed by atoms with Crippen LogP contribution in [0.1, 0.15) is 0 Å². The van der Waals surface area contributed by atoms with Crippen molar-refractivity contribution in [2.24, 2.45) is 0 Å². The van der Waals surface area contributed by atoms with Crippen LogP contribution in [0.5, 0.6) is 0 Å². The molecule has 1 atom stereocenters. The van der Waals surface area contributed by atoms with Crippen LogP contribution in [0.4, 0.5) is 13.2 Å². The first-order valence-electron chi connectivity index (χ1n) is 4.81. The molecule has 1 unspecified atom stereocenters. The first kappa shape index (κ1) is 15.3. The van der Waals surface area contributed by atoms with E-state index in [2.05, 4.69) is 4.18 Å². The fraction of sp³-hybridized carbons (Fsp3) is 0.400. The van der Waals surface area contributed by atoms with Crippen molar-refractivity contribution in [3.63, 3.8) is 0 Å². The fourth-order valence-electron chi connectivity index (χ4n) is 1.08. The van der Waals surface area contributed by atoms with Gasteiger partial charge in [0.15, 0.2) is 6.10 Å². The molecule has 0 bridgehead atoms. The zero-order valence-corrected chi connectivity index (χ0v) is 11.0. The van der Waals surface area contributed by atoms with Crippen LogP contribution in [-0.4, -0.2) is 32.7 Å². The number of halogens is 3. The average molecular weight is 300 g/mol. The Morgan fingerprint density at radius 3 is 2.28 bits per heavy atom. The molecule has 1 aromatic carbocycles. The molecule has 0 radical (unpaired) electrons. The highest BCUT2D eigenvalue weighted by Gasteiger charge is 2.42. The largest absolute Gasteiger partial charge is 0.416 e. The van der Waals surface area contributed by atoms with Gasteiger partial charge in [-0.05, 0) is 12.1 Å². The topological polar surface area (TPSA) is 43.4 Å². The Morgan fingerprint density at radius 1 is 1.28 bits per heavy atom. The maximum Gasteiger partial charge on any atom is 0.416 e. The minimum absolute atomic E-state index is 0.513. The monoisotopic (exact) mass is 300 g/mol. The van der Waals surface area contributed by atoms with Crippen molar-refractivity contribution in [3.05, 3.63) is 30.3 Å². The molecular formula is C10H11F3O3S2. The van der Waals surface area contributed by atoms with Crippen LogP contribution in [-0.2, 0) is 14.3 Å². The minimum Gasteiger partial charge on any atom is -0.256 e. The summed E-state index contributed by atoms with van der Waals surface area (Å²) in [5, 5.41) is 0. The molecule has 1 rings (SSSR count). The lowest BCUT2D eigenvalue weighted by molar-refractivity contribution is -0.186. The SMILES string of the molecule is CS(=O)(=O)OC(CSc1ccccc1)C(F)(F)F. The third kappa shape index (κ3) is 5.74. The minimum atomic E-state index is -4.72. The molecule has 0 saturated heterocycles. The summed E-state index contributed by atoms with van der Waals surface area (Å²) in [6, 6.07) is 8.38. The van der Waals surface area contributed by atoms with Gasteiger partial charge in [-0.2, -0.15) is 21.6 Å². The zero-order valence-electron chi connectivity index (χ0n) is 9.35. The van der Waals surface area contributed by atoms with Crippen LogP contribution in [0.2, 0.25) is 0 Å². The predicted molar refractivity (Wildman–Crippen MR) is 62.9 cm³/mol. The third-order valence-corrected chi connectivity index (χ3v) is 3.46. The lowest BCUT2D eigenvalue weighted by atomic mass is 10.4. The molecular weight excluding hydrogens is 289 g/mol. The van der Waals surface area contributed by atoms with E-state index in [4.69, 9.17) is 0 Å². The van der Waals surface area contributed by atoms with Crippen molar-refractivity contribution in [1.82, 2.24) is 0 Å². The Kier molecular flexibility index (Phi) is 5.06. The van der Waals surface area contributed by atoms with E-state index in [-0.39, 0.29) is 0 Å². The van der Waals surface area contributed by atoms with Gasteiger partial charge in [-0.25, -0.2) is 0 Å². The highest BCUT2D eigenvalue weighted by Crippen LogP contribution is 2.29. The molecule has 18 heavy (non-hydrogen) atoms. The van der Waals surface area contributed by atoms with Crippen LogP contribution in [0.3, 0.4) is 0 Å². The van der Waals surface area contributed by atoms with E-state index >= 15 is 0 Å². The molecule has 8 heteroatoms. The standard InChI is InChI=1S/C10H11F3O3S2/c1-18(14,15)16-9(10(11,12)13)7-17-8-5-3-2-4-6-8/h2-6,9H,7H2,1H3. The van der Waals surface area contributed by atoms with Gasteiger partial charge >= 0.3 is 6.18 Å². The quantitative estimate of drug-likeness (QED) is 0.619. The van der Waals surface area contributed by atoms with E-state index in [9.17, 15) is 21.6 Å². The number of thioether (sulfide) groups is 1. The van der Waals surface area contributed by atoms with Crippen molar-refractivity contribution in [2.45, 2.75) is 17.2 Å². The highest BCUT2D eigenvalue weighted by molar-refractivity contribution is 7.99. The van der Waals surface area contributed by atoms with Gasteiger partial charge in [-0.15, -0.1) is 11.8 Å². The van der Waals surface area contributed by atoms with Crippen molar-refractivity contribution < 1.29 is 25.8 Å². The summed E-state index contributed by atoms with van der Waals surface area (Å²) in [5.74, 6) is -0.513. The molecule has 0 aliphatic carbocycles. The van der Waals surface area contributed by atoms with E-state index in [1.807, 2.05) is 0 Å². The molecule has 0 aromatic heterocycles. The van der Waals surface area contributed by atoms with E-state index < -0.39 is 28.2 Å². The van der Waals surface area contributed by atoms with Gasteiger partial charge < -0.3 is 0 Å². The van der Waals surface area contributed by atoms with Gasteiger partial charge in [0.25, 0.3) is 10.1 Å². The van der Waals surface area contributed by atoms with Crippen LogP contribution in [0.15, 0.2) is 35.2 Å². The van der Waals surface area contributed by atoms with Crippen LogP contribution in [0, 0.1) is 0 Å². The Morgan fingerprint density at radius 2 is 1.83 bits per heavy atom. The molecule has 0 aliphatic heterocycles. The van der Waals surface area contributed by atoms with Gasteiger partial charge in [0.05, 0.1) is 6.26 Å². The molecule has 0 heterocycles. The Balaban J connectivity index is 2.69. The zero-order chi connectivity index (χ0) is 13.8. The summed E-state index contributed by atoms with van der Waals surface area (Å²) in [6.45, 7) is 0. The molecule has 0 amide bonds. The van der Waals surface area contributed by atoms with Gasteiger partial charge in [0.2, 0.25) is 0 Å². The highest BCUT2D eigenvalue weighted by atomic mass is 32.2. The van der Waals surface area contributed by atoms with Crippen molar-refractivity contribution in [2.75, 3.05) is 12.0 Å². The van der Waals surface area contributed by atoms with Crippen molar-refractivity contribution in [1.29, 1.82) is 0 Å². The van der Waals surface area contributed by atoms with E-state index in [1.165, 1.54) is 0 Å². The number of benzene rings is 1. The first-order chi connectivity index (χ1) is 8.18. The molecule has 0 fully saturated rings. The van der Waals surface area contributed by atoms with Crippen LogP contribution >= 0.6 is 11.8 Å². The molecule has 3 nitrogen and oxygen atoms in total. The summed E-state index contributed by atoms with van der Waals surface area (Å²) in [4.78, 5) is 0.615. The first-order valence-corrected chi connectivity index (χ1v) is 7.61. The summed E-state index contributed by atoms with van der Waals surface area (Å²) < 4.78 is 63.2. The van der Waals surface area contributed by atoms with Gasteiger partial charge in [-0.1, -0.05) is 18.2 Å². The molecule has 1 aromatic rings. The van der Waals surface area contributed by atoms with Crippen molar-refractivity contribution in [3.8, 4) is 0 Å². The van der Waals surface area contributed by atoms with Crippen LogP contribution < -0.4 is 0 Å². The van der Waals surface area contributed by atoms with Gasteiger partial charge in [0, 0.05) is 10.6 Å². The number of hydrogen-bond donors (Lipinski definition) is 0. The summed E-state index contributed by atoms with van der Waals surface area (Å²) >= 11 is 0.887. The van der Waals surface area contributed by atoms with E-state index in [1.54, 1.807) is 30.3 Å². The molecule has 0 aliphatic rings. The summed E-state index contributed by atoms with van der Waals surface area (Å²) in [5.41, 5.74) is 0. The lowest BCUT2D eigenvalue weighted by Gasteiger charge is -2.18. The maximum atomic E-state index is 12.6. The molecule has 0 N–H and O–H groups in total. The fourth-order valence-corrected chi connectivity index (χ4v) is 2.71. The predicted octanol–water partition coefficient (Wildman–Crippen LogP) is 2.69. The normalized spacial score (nSPS) is 14.4. The van der Waals surface area contributed by atoms with E-state index in [0.29, 0.717) is 11.2 Å². The Labute approximate surface area is 107 Å². The number of alkyl halides is 3. The van der Waals surface area contributed by atoms with Crippen LogP contribution in [0.25, 0.3) is 0 Å². The maximum absolute atomic E-state index is 12.6. The molecule has 0 saturated carbocycles. The second-order valence-electron chi connectivity index (χ2n) is 3.45. The average Bonchev–Trinajstić information content (AvgIpc) is 2.22. The smallest absolute Gasteiger partial charge is 0.256 e.